The van der Waals surface area contributed by atoms with Gasteiger partial charge in [-0.1, -0.05) is 19.0 Å². The lowest BCUT2D eigenvalue weighted by molar-refractivity contribution is -0.143. The topological polar surface area (TPSA) is 118 Å². The van der Waals surface area contributed by atoms with Gasteiger partial charge in [-0.05, 0) is 49.6 Å². The van der Waals surface area contributed by atoms with Crippen LogP contribution in [0.1, 0.15) is 43.3 Å². The summed E-state index contributed by atoms with van der Waals surface area (Å²) in [6, 6.07) is 8.16. The molecule has 0 spiro atoms. The Labute approximate surface area is 201 Å². The van der Waals surface area contributed by atoms with Gasteiger partial charge in [-0.2, -0.15) is 5.48 Å². The molecule has 3 aromatic rings. The Morgan fingerprint density at radius 2 is 2.00 bits per heavy atom. The number of benzene rings is 1. The number of nitrogens with zero attached hydrogens (tertiary/aromatic N) is 3. The Morgan fingerprint density at radius 3 is 2.59 bits per heavy atom. The second-order valence-corrected chi connectivity index (χ2v) is 9.70. The highest BCUT2D eigenvalue weighted by Crippen LogP contribution is 2.31. The van der Waals surface area contributed by atoms with E-state index in [0.717, 1.165) is 16.1 Å². The molecule has 3 heterocycles. The molecule has 0 radical (unpaired) electrons. The van der Waals surface area contributed by atoms with E-state index in [-0.39, 0.29) is 24.8 Å². The minimum atomic E-state index is -0.855. The third kappa shape index (κ3) is 4.97. The standard InChI is InChI=1S/C24H28N4O5S/c1-13(2)21(20-9-14(3)26-33-20)24(31)28-11-17(29)10-19(28)23(30)27-32-18-7-5-16(6-8-18)22-15(4)25-12-34-22/h5-9,12-13,17,19,21,29H,10-11H2,1-4H3,(H,27,30)/t17-,19+,21-/m1/s1. The highest BCUT2D eigenvalue weighted by Gasteiger charge is 2.43. The number of β-amino-alcohol motifs (C(OH)–C–C–N with tert-alkyl or cyclic N) is 1. The third-order valence-electron chi connectivity index (χ3n) is 5.88. The average molecular weight is 485 g/mol. The molecule has 2 N–H and O–H groups in total. The van der Waals surface area contributed by atoms with E-state index in [2.05, 4.69) is 15.6 Å². The van der Waals surface area contributed by atoms with Crippen LogP contribution in [0.3, 0.4) is 0 Å². The van der Waals surface area contributed by atoms with Crippen molar-refractivity contribution >= 4 is 23.2 Å². The summed E-state index contributed by atoms with van der Waals surface area (Å²) in [5.74, 6) is -0.571. The van der Waals surface area contributed by atoms with Gasteiger partial charge in [0, 0.05) is 19.0 Å². The number of nitrogens with one attached hydrogen (secondary N) is 1. The van der Waals surface area contributed by atoms with Crippen molar-refractivity contribution in [3.05, 3.63) is 53.0 Å². The highest BCUT2D eigenvalue weighted by atomic mass is 32.1. The minimum absolute atomic E-state index is 0.0656. The van der Waals surface area contributed by atoms with E-state index < -0.39 is 24.0 Å². The van der Waals surface area contributed by atoms with Crippen molar-refractivity contribution in [2.45, 2.75) is 52.2 Å². The molecule has 1 aliphatic heterocycles. The van der Waals surface area contributed by atoms with Crippen molar-refractivity contribution in [3.63, 3.8) is 0 Å². The van der Waals surface area contributed by atoms with Crippen LogP contribution in [0.15, 0.2) is 40.4 Å². The first kappa shape index (κ1) is 23.9. The summed E-state index contributed by atoms with van der Waals surface area (Å²) in [5.41, 5.74) is 6.87. The predicted molar refractivity (Wildman–Crippen MR) is 126 cm³/mol. The molecule has 4 rings (SSSR count). The van der Waals surface area contributed by atoms with Gasteiger partial charge in [0.25, 0.3) is 5.91 Å². The molecule has 1 aromatic carbocycles. The number of amides is 2. The largest absolute Gasteiger partial charge is 0.391 e. The smallest absolute Gasteiger partial charge is 0.275 e. The summed E-state index contributed by atoms with van der Waals surface area (Å²) in [6.07, 6.45) is -0.670. The number of aromatic nitrogens is 2. The van der Waals surface area contributed by atoms with Crippen LogP contribution in [-0.2, 0) is 9.59 Å². The van der Waals surface area contributed by atoms with E-state index in [0.29, 0.717) is 17.2 Å². The lowest BCUT2D eigenvalue weighted by Crippen LogP contribution is -2.48. The number of thiazole rings is 1. The number of hydroxylamine groups is 1. The Balaban J connectivity index is 1.43. The summed E-state index contributed by atoms with van der Waals surface area (Å²) in [7, 11) is 0. The molecule has 0 saturated carbocycles. The summed E-state index contributed by atoms with van der Waals surface area (Å²) in [4.78, 5) is 38.6. The van der Waals surface area contributed by atoms with Crippen LogP contribution < -0.4 is 10.3 Å². The van der Waals surface area contributed by atoms with Crippen LogP contribution in [0.25, 0.3) is 10.4 Å². The zero-order valence-corrected chi connectivity index (χ0v) is 20.3. The highest BCUT2D eigenvalue weighted by molar-refractivity contribution is 7.13. The summed E-state index contributed by atoms with van der Waals surface area (Å²) in [5, 5.41) is 14.1. The zero-order valence-electron chi connectivity index (χ0n) is 19.5. The molecule has 1 aliphatic rings. The Hall–Kier alpha value is -3.24. The fourth-order valence-corrected chi connectivity index (χ4v) is 4.99. The van der Waals surface area contributed by atoms with E-state index in [9.17, 15) is 14.7 Å². The monoisotopic (exact) mass is 484 g/mol. The Kier molecular flexibility index (Phi) is 6.99. The van der Waals surface area contributed by atoms with Crippen LogP contribution >= 0.6 is 11.3 Å². The van der Waals surface area contributed by atoms with Gasteiger partial charge in [0.1, 0.15) is 17.7 Å². The molecule has 180 valence electrons. The molecule has 3 atom stereocenters. The van der Waals surface area contributed by atoms with Crippen molar-refractivity contribution < 1.29 is 24.1 Å². The number of hydrogen-bond donors (Lipinski definition) is 2. The lowest BCUT2D eigenvalue weighted by atomic mass is 9.91. The second kappa shape index (κ2) is 9.94. The van der Waals surface area contributed by atoms with Crippen molar-refractivity contribution in [1.82, 2.24) is 20.5 Å². The number of likely N-dealkylation sites (tertiary alicyclic amines) is 1. The normalized spacial score (nSPS) is 18.8. The van der Waals surface area contributed by atoms with Crippen LogP contribution in [0, 0.1) is 19.8 Å². The van der Waals surface area contributed by atoms with E-state index in [1.54, 1.807) is 42.0 Å². The van der Waals surface area contributed by atoms with Gasteiger partial charge in [0.2, 0.25) is 5.91 Å². The second-order valence-electron chi connectivity index (χ2n) is 8.85. The van der Waals surface area contributed by atoms with Gasteiger partial charge >= 0.3 is 0 Å². The van der Waals surface area contributed by atoms with Crippen molar-refractivity contribution in [3.8, 4) is 16.2 Å². The Bertz CT molecular complexity index is 1160. The number of carbonyl (C=O) groups is 2. The molecule has 34 heavy (non-hydrogen) atoms. The van der Waals surface area contributed by atoms with E-state index in [1.165, 1.54) is 4.90 Å². The van der Waals surface area contributed by atoms with Gasteiger partial charge in [0.15, 0.2) is 5.75 Å². The fourth-order valence-electron chi connectivity index (χ4n) is 4.18. The van der Waals surface area contributed by atoms with Crippen molar-refractivity contribution in [1.29, 1.82) is 0 Å². The average Bonchev–Trinajstić information content (AvgIpc) is 3.52. The first-order chi connectivity index (χ1) is 16.2. The van der Waals surface area contributed by atoms with Gasteiger partial charge in [-0.3, -0.25) is 9.59 Å². The molecular formula is C24H28N4O5S. The van der Waals surface area contributed by atoms with Gasteiger partial charge < -0.3 is 19.4 Å². The van der Waals surface area contributed by atoms with E-state index in [4.69, 9.17) is 9.36 Å². The number of aryl methyl sites for hydroxylation is 2. The summed E-state index contributed by atoms with van der Waals surface area (Å²) >= 11 is 1.56. The van der Waals surface area contributed by atoms with Crippen LogP contribution in [0.2, 0.25) is 0 Å². The first-order valence-electron chi connectivity index (χ1n) is 11.1. The number of carbonyl (C=O) groups excluding carboxylic acids is 2. The molecule has 2 aromatic heterocycles. The molecule has 0 unspecified atom stereocenters. The molecule has 0 bridgehead atoms. The Morgan fingerprint density at radius 1 is 1.26 bits per heavy atom. The maximum Gasteiger partial charge on any atom is 0.275 e. The zero-order chi connectivity index (χ0) is 24.4. The quantitative estimate of drug-likeness (QED) is 0.494. The fraction of sp³-hybridized carbons (Fsp3) is 0.417. The maximum atomic E-state index is 13.4. The van der Waals surface area contributed by atoms with Crippen LogP contribution in [0.4, 0.5) is 0 Å². The number of aliphatic hydroxyl groups is 1. The number of rotatable bonds is 7. The van der Waals surface area contributed by atoms with Crippen LogP contribution in [0.5, 0.6) is 5.75 Å². The van der Waals surface area contributed by atoms with Crippen molar-refractivity contribution in [2.24, 2.45) is 5.92 Å². The van der Waals surface area contributed by atoms with Crippen LogP contribution in [-0.4, -0.2) is 50.7 Å². The molecule has 0 aliphatic carbocycles. The molecule has 1 fully saturated rings. The van der Waals surface area contributed by atoms with Gasteiger partial charge in [0.05, 0.1) is 27.9 Å². The number of aliphatic hydroxyl groups excluding tert-OH is 1. The molecule has 9 nitrogen and oxygen atoms in total. The SMILES string of the molecule is Cc1cc([C@H](C(=O)N2C[C@H](O)C[C@H]2C(=O)NOc2ccc(-c3scnc3C)cc2)C(C)C)on1. The minimum Gasteiger partial charge on any atom is -0.391 e. The molecule has 1 saturated heterocycles. The third-order valence-corrected chi connectivity index (χ3v) is 6.86. The van der Waals surface area contributed by atoms with E-state index >= 15 is 0 Å². The summed E-state index contributed by atoms with van der Waals surface area (Å²) in [6.45, 7) is 7.61. The van der Waals surface area contributed by atoms with Gasteiger partial charge in [-0.15, -0.1) is 11.3 Å². The summed E-state index contributed by atoms with van der Waals surface area (Å²) < 4.78 is 5.35. The lowest BCUT2D eigenvalue weighted by Gasteiger charge is -2.28. The van der Waals surface area contributed by atoms with Gasteiger partial charge in [-0.25, -0.2) is 4.98 Å². The predicted octanol–water partition coefficient (Wildman–Crippen LogP) is 3.23. The maximum absolute atomic E-state index is 13.4. The van der Waals surface area contributed by atoms with Crippen molar-refractivity contribution in [2.75, 3.05) is 6.54 Å². The molecular weight excluding hydrogens is 456 g/mol. The molecule has 2 amide bonds. The van der Waals surface area contributed by atoms with E-state index in [1.807, 2.05) is 32.9 Å². The first-order valence-corrected chi connectivity index (χ1v) is 12.0. The number of hydrogen-bond acceptors (Lipinski definition) is 8. The molecule has 10 heteroatoms.